The Morgan fingerprint density at radius 3 is 2.50 bits per heavy atom. The van der Waals surface area contributed by atoms with Crippen molar-refractivity contribution in [2.24, 2.45) is 22.8 Å². The lowest BCUT2D eigenvalue weighted by molar-refractivity contribution is -0.136. The largest absolute Gasteiger partial charge is 0.370 e. The Hall–Kier alpha value is -2.30. The summed E-state index contributed by atoms with van der Waals surface area (Å²) in [6.07, 6.45) is 3.10. The summed E-state index contributed by atoms with van der Waals surface area (Å²) < 4.78 is 0. The van der Waals surface area contributed by atoms with Gasteiger partial charge < -0.3 is 16.5 Å². The highest BCUT2D eigenvalue weighted by atomic mass is 16.2. The molecule has 118 valence electrons. The molecule has 5 nitrogen and oxygen atoms in total. The average molecular weight is 301 g/mol. The van der Waals surface area contributed by atoms with E-state index in [4.69, 9.17) is 11.5 Å². The minimum atomic E-state index is -0.899. The second-order valence-corrected chi connectivity index (χ2v) is 6.18. The molecule has 2 amide bonds. The maximum atomic E-state index is 12.0. The first-order valence-corrected chi connectivity index (χ1v) is 7.50. The summed E-state index contributed by atoms with van der Waals surface area (Å²) in [5.74, 6) is -1.00. The van der Waals surface area contributed by atoms with Crippen molar-refractivity contribution in [2.75, 3.05) is 0 Å². The Bertz CT molecular complexity index is 690. The van der Waals surface area contributed by atoms with E-state index in [2.05, 4.69) is 4.98 Å². The number of carbonyl (C=O) groups is 2. The smallest absolute Gasteiger partial charge is 0.224 e. The van der Waals surface area contributed by atoms with E-state index in [-0.39, 0.29) is 12.3 Å². The number of aromatic nitrogens is 1. The maximum Gasteiger partial charge on any atom is 0.224 e. The fourth-order valence-corrected chi connectivity index (χ4v) is 3.08. The number of primary amides is 2. The van der Waals surface area contributed by atoms with E-state index in [1.165, 1.54) is 0 Å². The maximum absolute atomic E-state index is 12.0. The first-order chi connectivity index (χ1) is 10.4. The number of aromatic amines is 1. The fourth-order valence-electron chi connectivity index (χ4n) is 3.08. The molecule has 0 aliphatic rings. The molecule has 0 aliphatic heterocycles. The number of carbonyl (C=O) groups excluding carboxylic acids is 2. The summed E-state index contributed by atoms with van der Waals surface area (Å²) >= 11 is 0. The van der Waals surface area contributed by atoms with Crippen molar-refractivity contribution >= 4 is 22.7 Å². The standard InChI is InChI=1S/C17H23N3O2/c1-11(2)17(16(19)22,9-15(18)21)8-7-12-10-20-14-6-4-3-5-13(12)14/h3-6,10-11,20H,7-9H2,1-2H3,(H2,18,21)(H2,19,22). The van der Waals surface area contributed by atoms with E-state index in [0.29, 0.717) is 12.8 Å². The molecule has 0 aliphatic carbocycles. The van der Waals surface area contributed by atoms with Crippen molar-refractivity contribution < 1.29 is 9.59 Å². The molecule has 1 aromatic carbocycles. The number of aryl methyl sites for hydroxylation is 1. The van der Waals surface area contributed by atoms with Gasteiger partial charge in [0.1, 0.15) is 0 Å². The normalized spacial score (nSPS) is 14.1. The van der Waals surface area contributed by atoms with Gasteiger partial charge in [-0.25, -0.2) is 0 Å². The van der Waals surface area contributed by atoms with Gasteiger partial charge in [-0.1, -0.05) is 32.0 Å². The molecule has 1 unspecified atom stereocenters. The van der Waals surface area contributed by atoms with Gasteiger partial charge in [0.15, 0.2) is 0 Å². The second kappa shape index (κ2) is 6.22. The van der Waals surface area contributed by atoms with E-state index in [1.54, 1.807) is 0 Å². The molecule has 1 atom stereocenters. The minimum Gasteiger partial charge on any atom is -0.370 e. The molecule has 1 heterocycles. The Labute approximate surface area is 130 Å². The summed E-state index contributed by atoms with van der Waals surface area (Å²) in [5, 5.41) is 1.13. The highest BCUT2D eigenvalue weighted by molar-refractivity contribution is 5.88. The van der Waals surface area contributed by atoms with Crippen molar-refractivity contribution in [3.8, 4) is 0 Å². The van der Waals surface area contributed by atoms with Crippen LogP contribution in [-0.2, 0) is 16.0 Å². The molecule has 0 saturated heterocycles. The average Bonchev–Trinajstić information content (AvgIpc) is 2.85. The molecule has 1 aromatic heterocycles. The highest BCUT2D eigenvalue weighted by Gasteiger charge is 2.41. The van der Waals surface area contributed by atoms with Gasteiger partial charge in [-0.3, -0.25) is 9.59 Å². The van der Waals surface area contributed by atoms with Crippen LogP contribution in [-0.4, -0.2) is 16.8 Å². The van der Waals surface area contributed by atoms with Crippen molar-refractivity contribution in [3.63, 3.8) is 0 Å². The van der Waals surface area contributed by atoms with E-state index < -0.39 is 17.2 Å². The Morgan fingerprint density at radius 2 is 1.91 bits per heavy atom. The highest BCUT2D eigenvalue weighted by Crippen LogP contribution is 2.37. The first-order valence-electron chi connectivity index (χ1n) is 7.50. The van der Waals surface area contributed by atoms with E-state index in [1.807, 2.05) is 44.3 Å². The quantitative estimate of drug-likeness (QED) is 0.729. The predicted molar refractivity (Wildman–Crippen MR) is 86.9 cm³/mol. The van der Waals surface area contributed by atoms with Crippen LogP contribution < -0.4 is 11.5 Å². The van der Waals surface area contributed by atoms with Crippen LogP contribution in [0.2, 0.25) is 0 Å². The zero-order valence-electron chi connectivity index (χ0n) is 13.1. The van der Waals surface area contributed by atoms with Crippen molar-refractivity contribution in [3.05, 3.63) is 36.0 Å². The van der Waals surface area contributed by atoms with Crippen LogP contribution in [0.3, 0.4) is 0 Å². The van der Waals surface area contributed by atoms with Crippen LogP contribution in [0.5, 0.6) is 0 Å². The van der Waals surface area contributed by atoms with Crippen LogP contribution in [0.15, 0.2) is 30.5 Å². The SMILES string of the molecule is CC(C)C(CCc1c[nH]c2ccccc12)(CC(N)=O)C(N)=O. The number of nitrogens with one attached hydrogen (secondary N) is 1. The summed E-state index contributed by atoms with van der Waals surface area (Å²) in [6.45, 7) is 3.81. The van der Waals surface area contributed by atoms with Gasteiger partial charge in [0.2, 0.25) is 11.8 Å². The van der Waals surface area contributed by atoms with Gasteiger partial charge in [-0.15, -0.1) is 0 Å². The first kappa shape index (κ1) is 16.1. The third kappa shape index (κ3) is 2.98. The summed E-state index contributed by atoms with van der Waals surface area (Å²) in [6, 6.07) is 7.99. The molecule has 5 N–H and O–H groups in total. The van der Waals surface area contributed by atoms with Gasteiger partial charge in [0, 0.05) is 23.5 Å². The Balaban J connectivity index is 2.28. The number of hydrogen-bond acceptors (Lipinski definition) is 2. The lowest BCUT2D eigenvalue weighted by atomic mass is 9.70. The number of para-hydroxylation sites is 1. The van der Waals surface area contributed by atoms with Crippen molar-refractivity contribution in [1.82, 2.24) is 4.98 Å². The second-order valence-electron chi connectivity index (χ2n) is 6.18. The third-order valence-corrected chi connectivity index (χ3v) is 4.60. The molecule has 2 aromatic rings. The number of nitrogens with two attached hydrogens (primary N) is 2. The van der Waals surface area contributed by atoms with Crippen LogP contribution in [0.25, 0.3) is 10.9 Å². The van der Waals surface area contributed by atoms with E-state index in [0.717, 1.165) is 16.5 Å². The van der Waals surface area contributed by atoms with Crippen LogP contribution in [0.4, 0.5) is 0 Å². The van der Waals surface area contributed by atoms with Gasteiger partial charge in [-0.05, 0) is 30.4 Å². The lowest BCUT2D eigenvalue weighted by Gasteiger charge is -2.33. The van der Waals surface area contributed by atoms with Crippen LogP contribution in [0, 0.1) is 11.3 Å². The number of hydrogen-bond donors (Lipinski definition) is 3. The Morgan fingerprint density at radius 1 is 1.23 bits per heavy atom. The molecular formula is C17H23N3O2. The molecule has 0 bridgehead atoms. The van der Waals surface area contributed by atoms with Crippen molar-refractivity contribution in [2.45, 2.75) is 33.1 Å². The molecule has 2 rings (SSSR count). The van der Waals surface area contributed by atoms with E-state index >= 15 is 0 Å². The molecule has 0 spiro atoms. The molecule has 0 saturated carbocycles. The molecule has 22 heavy (non-hydrogen) atoms. The summed E-state index contributed by atoms with van der Waals surface area (Å²) in [5.41, 5.74) is 12.2. The Kier molecular flexibility index (Phi) is 4.54. The van der Waals surface area contributed by atoms with Gasteiger partial charge in [-0.2, -0.15) is 0 Å². The molecule has 0 radical (unpaired) electrons. The molecule has 5 heteroatoms. The molecule has 0 fully saturated rings. The van der Waals surface area contributed by atoms with Crippen molar-refractivity contribution in [1.29, 1.82) is 0 Å². The van der Waals surface area contributed by atoms with Crippen LogP contribution in [0.1, 0.15) is 32.3 Å². The number of benzene rings is 1. The third-order valence-electron chi connectivity index (χ3n) is 4.60. The summed E-state index contributed by atoms with van der Waals surface area (Å²) in [7, 11) is 0. The number of fused-ring (bicyclic) bond motifs is 1. The monoisotopic (exact) mass is 301 g/mol. The predicted octanol–water partition coefficient (Wildman–Crippen LogP) is 2.10. The van der Waals surface area contributed by atoms with E-state index in [9.17, 15) is 9.59 Å². The topological polar surface area (TPSA) is 102 Å². The van der Waals surface area contributed by atoms with Gasteiger partial charge in [0.05, 0.1) is 5.41 Å². The number of H-pyrrole nitrogens is 1. The summed E-state index contributed by atoms with van der Waals surface area (Å²) in [4.78, 5) is 26.6. The van der Waals surface area contributed by atoms with Gasteiger partial charge >= 0.3 is 0 Å². The lowest BCUT2D eigenvalue weighted by Crippen LogP contribution is -2.44. The molecular weight excluding hydrogens is 278 g/mol. The zero-order chi connectivity index (χ0) is 16.3. The van der Waals surface area contributed by atoms with Gasteiger partial charge in [0.25, 0.3) is 0 Å². The van der Waals surface area contributed by atoms with Crippen LogP contribution >= 0.6 is 0 Å². The zero-order valence-corrected chi connectivity index (χ0v) is 13.1. The fraction of sp³-hybridized carbons (Fsp3) is 0.412. The minimum absolute atomic E-state index is 0.0116. The number of amides is 2. The number of rotatable bonds is 7.